The Bertz CT molecular complexity index is 814. The molecule has 2 aromatic carbocycles. The highest BCUT2D eigenvalue weighted by molar-refractivity contribution is 6.35. The largest absolute Gasteiger partial charge is 0.387 e. The summed E-state index contributed by atoms with van der Waals surface area (Å²) in [5.41, 5.74) is 1.70. The molecule has 0 aliphatic heterocycles. The van der Waals surface area contributed by atoms with Gasteiger partial charge in [0, 0.05) is 28.7 Å². The van der Waals surface area contributed by atoms with Gasteiger partial charge in [0.2, 0.25) is 5.91 Å². The molecule has 23 heavy (non-hydrogen) atoms. The first-order chi connectivity index (χ1) is 11.1. The molecular formula is C18H17ClN2O2. The number of hydrogen-bond donors (Lipinski definition) is 2. The molecule has 0 saturated heterocycles. The first kappa shape index (κ1) is 15.6. The Labute approximate surface area is 139 Å². The Hall–Kier alpha value is -2.30. The third-order valence-corrected chi connectivity index (χ3v) is 4.08. The molecule has 1 atom stereocenters. The zero-order valence-electron chi connectivity index (χ0n) is 12.4. The van der Waals surface area contributed by atoms with Crippen molar-refractivity contribution in [2.75, 3.05) is 6.54 Å². The topological polar surface area (TPSA) is 54.3 Å². The minimum Gasteiger partial charge on any atom is -0.387 e. The summed E-state index contributed by atoms with van der Waals surface area (Å²) in [5, 5.41) is 14.4. The zero-order chi connectivity index (χ0) is 16.2. The van der Waals surface area contributed by atoms with Crippen LogP contribution in [-0.4, -0.2) is 22.1 Å². The second kappa shape index (κ2) is 6.86. The van der Waals surface area contributed by atoms with Crippen molar-refractivity contribution in [2.24, 2.45) is 0 Å². The standard InChI is InChI=1S/C18H17ClN2O2/c19-15-7-4-8-16-14(15)9-10-21(16)12-18(23)20-11-17(22)13-5-2-1-3-6-13/h1-10,17,22H,11-12H2,(H,20,23)/t17-/m1/s1. The van der Waals surface area contributed by atoms with Gasteiger partial charge in [-0.2, -0.15) is 0 Å². The maximum atomic E-state index is 12.1. The van der Waals surface area contributed by atoms with Gasteiger partial charge in [0.1, 0.15) is 6.54 Å². The van der Waals surface area contributed by atoms with Gasteiger partial charge in [-0.1, -0.05) is 48.0 Å². The average molecular weight is 329 g/mol. The lowest BCUT2D eigenvalue weighted by Gasteiger charge is -2.13. The number of amides is 1. The average Bonchev–Trinajstić information content (AvgIpc) is 2.98. The first-order valence-electron chi connectivity index (χ1n) is 7.38. The molecule has 0 aliphatic rings. The summed E-state index contributed by atoms with van der Waals surface area (Å²) in [4.78, 5) is 12.1. The van der Waals surface area contributed by atoms with E-state index in [4.69, 9.17) is 11.6 Å². The molecule has 1 heterocycles. The molecule has 0 aliphatic carbocycles. The summed E-state index contributed by atoms with van der Waals surface area (Å²) < 4.78 is 1.84. The Morgan fingerprint density at radius 1 is 1.13 bits per heavy atom. The van der Waals surface area contributed by atoms with Crippen molar-refractivity contribution >= 4 is 28.4 Å². The molecule has 0 saturated carbocycles. The highest BCUT2D eigenvalue weighted by Crippen LogP contribution is 2.24. The number of aliphatic hydroxyl groups excluding tert-OH is 1. The third-order valence-electron chi connectivity index (χ3n) is 3.75. The number of nitrogens with one attached hydrogen (secondary N) is 1. The van der Waals surface area contributed by atoms with E-state index in [9.17, 15) is 9.90 Å². The normalized spacial score (nSPS) is 12.3. The fourth-order valence-electron chi connectivity index (χ4n) is 2.54. The van der Waals surface area contributed by atoms with Crippen molar-refractivity contribution in [1.29, 1.82) is 0 Å². The highest BCUT2D eigenvalue weighted by atomic mass is 35.5. The van der Waals surface area contributed by atoms with Gasteiger partial charge in [-0.15, -0.1) is 0 Å². The molecule has 0 spiro atoms. The molecule has 1 amide bonds. The first-order valence-corrected chi connectivity index (χ1v) is 7.76. The van der Waals surface area contributed by atoms with E-state index in [0.717, 1.165) is 16.5 Å². The summed E-state index contributed by atoms with van der Waals surface area (Å²) in [5.74, 6) is -0.155. The van der Waals surface area contributed by atoms with Crippen molar-refractivity contribution in [1.82, 2.24) is 9.88 Å². The molecule has 0 fully saturated rings. The molecule has 5 heteroatoms. The Morgan fingerprint density at radius 2 is 1.91 bits per heavy atom. The number of aliphatic hydroxyl groups is 1. The number of fused-ring (bicyclic) bond motifs is 1. The van der Waals surface area contributed by atoms with Crippen molar-refractivity contribution in [3.63, 3.8) is 0 Å². The smallest absolute Gasteiger partial charge is 0.240 e. The predicted octanol–water partition coefficient (Wildman–Crippen LogP) is 3.14. The minimum absolute atomic E-state index is 0.155. The number of carbonyl (C=O) groups excluding carboxylic acids is 1. The van der Waals surface area contributed by atoms with Crippen LogP contribution in [0, 0.1) is 0 Å². The lowest BCUT2D eigenvalue weighted by molar-refractivity contribution is -0.122. The molecular weight excluding hydrogens is 312 g/mol. The number of nitrogens with zero attached hydrogens (tertiary/aromatic N) is 1. The van der Waals surface area contributed by atoms with Crippen molar-refractivity contribution in [2.45, 2.75) is 12.6 Å². The molecule has 3 rings (SSSR count). The second-order valence-electron chi connectivity index (χ2n) is 5.35. The lowest BCUT2D eigenvalue weighted by Crippen LogP contribution is -2.31. The number of halogens is 1. The lowest BCUT2D eigenvalue weighted by atomic mass is 10.1. The predicted molar refractivity (Wildman–Crippen MR) is 91.4 cm³/mol. The van der Waals surface area contributed by atoms with Crippen LogP contribution < -0.4 is 5.32 Å². The number of hydrogen-bond acceptors (Lipinski definition) is 2. The molecule has 2 N–H and O–H groups in total. The van der Waals surface area contributed by atoms with E-state index in [0.29, 0.717) is 5.02 Å². The van der Waals surface area contributed by atoms with Gasteiger partial charge in [-0.3, -0.25) is 4.79 Å². The number of aromatic nitrogens is 1. The monoisotopic (exact) mass is 328 g/mol. The SMILES string of the molecule is O=C(Cn1ccc2c(Cl)cccc21)NC[C@@H](O)c1ccccc1. The van der Waals surface area contributed by atoms with Gasteiger partial charge in [-0.05, 0) is 23.8 Å². The van der Waals surface area contributed by atoms with Crippen LogP contribution in [0.3, 0.4) is 0 Å². The van der Waals surface area contributed by atoms with E-state index in [1.807, 2.05) is 65.4 Å². The summed E-state index contributed by atoms with van der Waals surface area (Å²) in [7, 11) is 0. The van der Waals surface area contributed by atoms with Crippen LogP contribution in [0.5, 0.6) is 0 Å². The molecule has 1 aromatic heterocycles. The van der Waals surface area contributed by atoms with E-state index in [2.05, 4.69) is 5.32 Å². The summed E-state index contributed by atoms with van der Waals surface area (Å²) in [6.45, 7) is 0.369. The molecule has 0 radical (unpaired) electrons. The Morgan fingerprint density at radius 3 is 2.70 bits per heavy atom. The van der Waals surface area contributed by atoms with Crippen molar-refractivity contribution in [3.8, 4) is 0 Å². The van der Waals surface area contributed by atoms with Crippen molar-refractivity contribution < 1.29 is 9.90 Å². The van der Waals surface area contributed by atoms with E-state index in [1.54, 1.807) is 0 Å². The number of rotatable bonds is 5. The van der Waals surface area contributed by atoms with Gasteiger partial charge < -0.3 is 15.0 Å². The van der Waals surface area contributed by atoms with Gasteiger partial charge in [0.25, 0.3) is 0 Å². The summed E-state index contributed by atoms with van der Waals surface area (Å²) >= 11 is 6.13. The minimum atomic E-state index is -0.712. The van der Waals surface area contributed by atoms with Gasteiger partial charge in [-0.25, -0.2) is 0 Å². The van der Waals surface area contributed by atoms with E-state index < -0.39 is 6.10 Å². The number of benzene rings is 2. The second-order valence-corrected chi connectivity index (χ2v) is 5.75. The van der Waals surface area contributed by atoms with Crippen LogP contribution in [0.15, 0.2) is 60.8 Å². The molecule has 0 bridgehead atoms. The molecule has 0 unspecified atom stereocenters. The maximum absolute atomic E-state index is 12.1. The fourth-order valence-corrected chi connectivity index (χ4v) is 2.77. The van der Waals surface area contributed by atoms with E-state index in [1.165, 1.54) is 0 Å². The quantitative estimate of drug-likeness (QED) is 0.756. The summed E-state index contributed by atoms with van der Waals surface area (Å²) in [6.07, 6.45) is 1.13. The highest BCUT2D eigenvalue weighted by Gasteiger charge is 2.11. The molecule has 118 valence electrons. The van der Waals surface area contributed by atoms with Crippen LogP contribution in [0.2, 0.25) is 5.02 Å². The fraction of sp³-hybridized carbons (Fsp3) is 0.167. The Balaban J connectivity index is 1.62. The summed E-state index contributed by atoms with van der Waals surface area (Å²) in [6, 6.07) is 16.8. The zero-order valence-corrected chi connectivity index (χ0v) is 13.2. The molecule has 3 aromatic rings. The van der Waals surface area contributed by atoms with E-state index >= 15 is 0 Å². The van der Waals surface area contributed by atoms with Crippen LogP contribution in [0.4, 0.5) is 0 Å². The van der Waals surface area contributed by atoms with Crippen molar-refractivity contribution in [3.05, 3.63) is 71.4 Å². The van der Waals surface area contributed by atoms with Crippen LogP contribution in [0.25, 0.3) is 10.9 Å². The maximum Gasteiger partial charge on any atom is 0.240 e. The van der Waals surface area contributed by atoms with Crippen LogP contribution in [0.1, 0.15) is 11.7 Å². The van der Waals surface area contributed by atoms with Gasteiger partial charge in [0.15, 0.2) is 0 Å². The van der Waals surface area contributed by atoms with Gasteiger partial charge >= 0.3 is 0 Å². The Kier molecular flexibility index (Phi) is 4.65. The third kappa shape index (κ3) is 3.55. The van der Waals surface area contributed by atoms with Crippen LogP contribution in [-0.2, 0) is 11.3 Å². The molecule has 4 nitrogen and oxygen atoms in total. The number of carbonyl (C=O) groups is 1. The van der Waals surface area contributed by atoms with Gasteiger partial charge in [0.05, 0.1) is 6.10 Å². The van der Waals surface area contributed by atoms with Crippen LogP contribution >= 0.6 is 11.6 Å². The van der Waals surface area contributed by atoms with E-state index in [-0.39, 0.29) is 19.0 Å².